The molecule has 0 aromatic rings. The fourth-order valence-corrected chi connectivity index (χ4v) is 1.25. The van der Waals surface area contributed by atoms with E-state index in [1.165, 1.54) is 5.57 Å². The molecule has 0 bridgehead atoms. The molecule has 0 saturated carbocycles. The minimum Gasteiger partial charge on any atom is -0.369 e. The predicted octanol–water partition coefficient (Wildman–Crippen LogP) is 0.124. The van der Waals surface area contributed by atoms with Gasteiger partial charge in [-0.15, -0.1) is 0 Å². The number of hydrogen-bond acceptors (Lipinski definition) is 2. The van der Waals surface area contributed by atoms with Crippen LogP contribution < -0.4 is 5.73 Å². The Hall–Kier alpha value is -0.830. The van der Waals surface area contributed by atoms with Crippen LogP contribution in [0.15, 0.2) is 12.2 Å². The molecule has 2 N–H and O–H groups in total. The maximum atomic E-state index is 10.5. The summed E-state index contributed by atoms with van der Waals surface area (Å²) in [5.74, 6) is -0.238. The molecule has 0 aromatic carbocycles. The average molecular weight is 154 g/mol. The predicted molar refractivity (Wildman–Crippen MR) is 44.0 cm³/mol. The van der Waals surface area contributed by atoms with Crippen molar-refractivity contribution in [2.75, 3.05) is 19.6 Å². The number of piperidine rings is 1. The van der Waals surface area contributed by atoms with Crippen LogP contribution in [-0.2, 0) is 4.79 Å². The summed E-state index contributed by atoms with van der Waals surface area (Å²) in [7, 11) is 0. The Labute approximate surface area is 66.9 Å². The van der Waals surface area contributed by atoms with Gasteiger partial charge in [0.1, 0.15) is 0 Å². The maximum Gasteiger partial charge on any atom is 0.231 e. The van der Waals surface area contributed by atoms with Gasteiger partial charge in [0.15, 0.2) is 0 Å². The minimum atomic E-state index is -0.238. The molecule has 0 aromatic heterocycles. The summed E-state index contributed by atoms with van der Waals surface area (Å²) in [6.07, 6.45) is 2.01. The lowest BCUT2D eigenvalue weighted by atomic mass is 10.1. The van der Waals surface area contributed by atoms with E-state index in [1.54, 1.807) is 0 Å². The zero-order valence-electron chi connectivity index (χ0n) is 6.68. The monoisotopic (exact) mass is 154 g/mol. The highest BCUT2D eigenvalue weighted by molar-refractivity contribution is 5.75. The van der Waals surface area contributed by atoms with Crippen molar-refractivity contribution in [1.82, 2.24) is 4.90 Å². The first-order valence-corrected chi connectivity index (χ1v) is 3.86. The summed E-state index contributed by atoms with van der Waals surface area (Å²) in [5, 5.41) is 0. The third kappa shape index (κ3) is 2.72. The summed E-state index contributed by atoms with van der Waals surface area (Å²) < 4.78 is 0. The largest absolute Gasteiger partial charge is 0.369 e. The van der Waals surface area contributed by atoms with E-state index in [9.17, 15) is 4.79 Å². The highest BCUT2D eigenvalue weighted by Gasteiger charge is 2.13. The van der Waals surface area contributed by atoms with Crippen LogP contribution in [-0.4, -0.2) is 30.4 Å². The number of nitrogens with zero attached hydrogens (tertiary/aromatic N) is 1. The maximum absolute atomic E-state index is 10.5. The average Bonchev–Trinajstić information content (AvgIpc) is 1.93. The van der Waals surface area contributed by atoms with Crippen LogP contribution in [0.25, 0.3) is 0 Å². The molecule has 0 spiro atoms. The van der Waals surface area contributed by atoms with Gasteiger partial charge in [0.2, 0.25) is 5.91 Å². The van der Waals surface area contributed by atoms with Crippen LogP contribution in [0.2, 0.25) is 0 Å². The summed E-state index contributed by atoms with van der Waals surface area (Å²) in [6, 6.07) is 0. The summed E-state index contributed by atoms with van der Waals surface area (Å²) in [6.45, 7) is 6.15. The second-order valence-corrected chi connectivity index (χ2v) is 2.99. The van der Waals surface area contributed by atoms with E-state index in [1.807, 2.05) is 0 Å². The van der Waals surface area contributed by atoms with E-state index in [0.29, 0.717) is 6.54 Å². The molecule has 3 nitrogen and oxygen atoms in total. The number of nitrogens with two attached hydrogens (primary N) is 1. The molecular weight excluding hydrogens is 140 g/mol. The molecule has 62 valence electrons. The first kappa shape index (κ1) is 8.27. The van der Waals surface area contributed by atoms with Crippen LogP contribution in [0.3, 0.4) is 0 Å². The summed E-state index contributed by atoms with van der Waals surface area (Å²) in [5.41, 5.74) is 6.34. The third-order valence-electron chi connectivity index (χ3n) is 1.94. The fourth-order valence-electron chi connectivity index (χ4n) is 1.25. The SMILES string of the molecule is C=C1CCN(CC(N)=O)CC1. The smallest absolute Gasteiger partial charge is 0.231 e. The second kappa shape index (κ2) is 3.53. The van der Waals surface area contributed by atoms with Crippen molar-refractivity contribution in [3.05, 3.63) is 12.2 Å². The molecule has 11 heavy (non-hydrogen) atoms. The molecule has 0 aliphatic carbocycles. The van der Waals surface area contributed by atoms with E-state index >= 15 is 0 Å². The summed E-state index contributed by atoms with van der Waals surface area (Å²) in [4.78, 5) is 12.6. The first-order chi connectivity index (χ1) is 5.18. The van der Waals surface area contributed by atoms with Crippen molar-refractivity contribution < 1.29 is 4.79 Å². The van der Waals surface area contributed by atoms with Crippen molar-refractivity contribution in [2.24, 2.45) is 5.73 Å². The molecular formula is C8H14N2O. The van der Waals surface area contributed by atoms with Crippen LogP contribution >= 0.6 is 0 Å². The molecule has 1 heterocycles. The van der Waals surface area contributed by atoms with E-state index in [0.717, 1.165) is 25.9 Å². The Morgan fingerprint density at radius 2 is 2.09 bits per heavy atom. The molecule has 1 amide bonds. The zero-order chi connectivity index (χ0) is 8.27. The molecule has 3 heteroatoms. The number of amides is 1. The molecule has 1 rings (SSSR count). The van der Waals surface area contributed by atoms with E-state index in [4.69, 9.17) is 5.73 Å². The Morgan fingerprint density at radius 1 is 1.55 bits per heavy atom. The van der Waals surface area contributed by atoms with Crippen LogP contribution in [0.5, 0.6) is 0 Å². The number of carbonyl (C=O) groups excluding carboxylic acids is 1. The Kier molecular flexibility index (Phi) is 2.65. The number of likely N-dealkylation sites (tertiary alicyclic amines) is 1. The second-order valence-electron chi connectivity index (χ2n) is 2.99. The van der Waals surface area contributed by atoms with E-state index in [-0.39, 0.29) is 5.91 Å². The molecule has 1 fully saturated rings. The molecule has 1 saturated heterocycles. The standard InChI is InChI=1S/C8H14N2O/c1-7-2-4-10(5-3-7)6-8(9)11/h1-6H2,(H2,9,11). The Morgan fingerprint density at radius 3 is 2.55 bits per heavy atom. The van der Waals surface area contributed by atoms with Gasteiger partial charge >= 0.3 is 0 Å². The first-order valence-electron chi connectivity index (χ1n) is 3.86. The number of hydrogen-bond donors (Lipinski definition) is 1. The molecule has 1 aliphatic heterocycles. The van der Waals surface area contributed by atoms with Crippen LogP contribution in [0.1, 0.15) is 12.8 Å². The molecule has 1 aliphatic rings. The van der Waals surface area contributed by atoms with Crippen molar-refractivity contribution in [1.29, 1.82) is 0 Å². The Bertz CT molecular complexity index is 167. The van der Waals surface area contributed by atoms with Gasteiger partial charge in [-0.1, -0.05) is 12.2 Å². The van der Waals surface area contributed by atoms with Crippen molar-refractivity contribution >= 4 is 5.91 Å². The van der Waals surface area contributed by atoms with Gasteiger partial charge < -0.3 is 5.73 Å². The van der Waals surface area contributed by atoms with Crippen LogP contribution in [0.4, 0.5) is 0 Å². The van der Waals surface area contributed by atoms with Gasteiger partial charge in [0.05, 0.1) is 6.54 Å². The van der Waals surface area contributed by atoms with Gasteiger partial charge in [-0.05, 0) is 12.8 Å². The molecule has 0 radical (unpaired) electrons. The molecule has 0 unspecified atom stereocenters. The third-order valence-corrected chi connectivity index (χ3v) is 1.94. The van der Waals surface area contributed by atoms with Crippen molar-refractivity contribution in [3.63, 3.8) is 0 Å². The van der Waals surface area contributed by atoms with Gasteiger partial charge in [0, 0.05) is 13.1 Å². The Balaban J connectivity index is 2.28. The van der Waals surface area contributed by atoms with E-state index < -0.39 is 0 Å². The zero-order valence-corrected chi connectivity index (χ0v) is 6.68. The topological polar surface area (TPSA) is 46.3 Å². The van der Waals surface area contributed by atoms with E-state index in [2.05, 4.69) is 11.5 Å². The van der Waals surface area contributed by atoms with Crippen LogP contribution in [0, 0.1) is 0 Å². The quantitative estimate of drug-likeness (QED) is 0.574. The number of primary amides is 1. The lowest BCUT2D eigenvalue weighted by Gasteiger charge is -2.26. The van der Waals surface area contributed by atoms with Gasteiger partial charge in [-0.2, -0.15) is 0 Å². The highest BCUT2D eigenvalue weighted by Crippen LogP contribution is 2.12. The van der Waals surface area contributed by atoms with Crippen molar-refractivity contribution in [3.8, 4) is 0 Å². The van der Waals surface area contributed by atoms with Crippen molar-refractivity contribution in [2.45, 2.75) is 12.8 Å². The summed E-state index contributed by atoms with van der Waals surface area (Å²) >= 11 is 0. The number of carbonyl (C=O) groups is 1. The highest BCUT2D eigenvalue weighted by atomic mass is 16.1. The molecule has 0 atom stereocenters. The van der Waals surface area contributed by atoms with Gasteiger partial charge in [-0.3, -0.25) is 9.69 Å². The lowest BCUT2D eigenvalue weighted by Crippen LogP contribution is -2.37. The van der Waals surface area contributed by atoms with Gasteiger partial charge in [-0.25, -0.2) is 0 Å². The minimum absolute atomic E-state index is 0.238. The fraction of sp³-hybridized carbons (Fsp3) is 0.625. The number of rotatable bonds is 2. The lowest BCUT2D eigenvalue weighted by molar-refractivity contribution is -0.119. The van der Waals surface area contributed by atoms with Gasteiger partial charge in [0.25, 0.3) is 0 Å². The normalized spacial score (nSPS) is 20.2.